The van der Waals surface area contributed by atoms with E-state index in [0.29, 0.717) is 17.9 Å². The number of rotatable bonds is 7. The molecule has 2 N–H and O–H groups in total. The molecule has 1 aromatic heterocycles. The van der Waals surface area contributed by atoms with Gasteiger partial charge in [-0.25, -0.2) is 4.98 Å². The minimum atomic E-state index is -0.952. The molecule has 1 unspecified atom stereocenters. The fraction of sp³-hybridized carbons (Fsp3) is 0.591. The van der Waals surface area contributed by atoms with Crippen molar-refractivity contribution in [3.63, 3.8) is 0 Å². The summed E-state index contributed by atoms with van der Waals surface area (Å²) in [5.74, 6) is 0.588. The van der Waals surface area contributed by atoms with Gasteiger partial charge in [-0.1, -0.05) is 17.7 Å². The lowest BCUT2D eigenvalue weighted by Crippen LogP contribution is -2.66. The first-order valence-electron chi connectivity index (χ1n) is 10.2. The molecule has 1 aliphatic rings. The number of nitrogens with zero attached hydrogens (tertiary/aromatic N) is 2. The van der Waals surface area contributed by atoms with Crippen molar-refractivity contribution >= 4 is 29.2 Å². The van der Waals surface area contributed by atoms with Crippen LogP contribution in [0.3, 0.4) is 0 Å². The molecule has 2 heterocycles. The average molecular weight is 421 g/mol. The molecule has 160 valence electrons. The van der Waals surface area contributed by atoms with Gasteiger partial charge in [-0.2, -0.15) is 0 Å². The molecular formula is C22H33ClN4O2. The zero-order valence-electron chi connectivity index (χ0n) is 17.9. The molecule has 1 aromatic rings. The summed E-state index contributed by atoms with van der Waals surface area (Å²) in [6.07, 6.45) is 6.18. The maximum atomic E-state index is 13.4. The van der Waals surface area contributed by atoms with Gasteiger partial charge in [0, 0.05) is 31.7 Å². The number of anilines is 1. The number of piperidine rings is 1. The van der Waals surface area contributed by atoms with Gasteiger partial charge in [-0.15, -0.1) is 6.58 Å². The maximum absolute atomic E-state index is 13.4. The Morgan fingerprint density at radius 1 is 1.28 bits per heavy atom. The summed E-state index contributed by atoms with van der Waals surface area (Å²) in [5, 5.41) is 6.73. The van der Waals surface area contributed by atoms with E-state index in [9.17, 15) is 9.59 Å². The third-order valence-corrected chi connectivity index (χ3v) is 5.49. The molecule has 1 atom stereocenters. The fourth-order valence-electron chi connectivity index (χ4n) is 3.98. The highest BCUT2D eigenvalue weighted by Crippen LogP contribution is 2.34. The Hall–Kier alpha value is -2.08. The van der Waals surface area contributed by atoms with Gasteiger partial charge in [-0.05, 0) is 64.5 Å². The first-order valence-corrected chi connectivity index (χ1v) is 10.5. The quantitative estimate of drug-likeness (QED) is 0.659. The molecular weight excluding hydrogens is 388 g/mol. The second kappa shape index (κ2) is 9.61. The number of carbonyl (C=O) groups excluding carboxylic acids is 2. The summed E-state index contributed by atoms with van der Waals surface area (Å²) in [7, 11) is 0. The Bertz CT molecular complexity index is 721. The van der Waals surface area contributed by atoms with Gasteiger partial charge in [0.05, 0.1) is 5.02 Å². The van der Waals surface area contributed by atoms with Crippen LogP contribution in [0.2, 0.25) is 5.02 Å². The largest absolute Gasteiger partial charge is 0.357 e. The summed E-state index contributed by atoms with van der Waals surface area (Å²) >= 11 is 5.94. The molecule has 0 spiro atoms. The van der Waals surface area contributed by atoms with Crippen LogP contribution in [0.1, 0.15) is 53.4 Å². The van der Waals surface area contributed by atoms with Crippen molar-refractivity contribution in [2.24, 2.45) is 5.92 Å². The van der Waals surface area contributed by atoms with Crippen molar-refractivity contribution in [1.29, 1.82) is 0 Å². The van der Waals surface area contributed by atoms with Crippen LogP contribution < -0.4 is 15.5 Å². The Morgan fingerprint density at radius 3 is 2.41 bits per heavy atom. The lowest BCUT2D eigenvalue weighted by atomic mass is 9.73. The predicted molar refractivity (Wildman–Crippen MR) is 118 cm³/mol. The SMILES string of the molecule is C=CCCC(NC(C)=O)(C(=O)NC(C)(C)C)C1CCN(c2ccc(Cl)cn2)CC1. The number of aromatic nitrogens is 1. The standard InChI is InChI=1S/C22H33ClN4O2/c1-6-7-12-22(25-16(2)28,20(29)26-21(3,4)5)17-10-13-27(14-11-17)19-9-8-18(23)15-24-19/h6,8-9,15,17H,1,7,10-14H2,2-5H3,(H,25,28)(H,26,29). The van der Waals surface area contributed by atoms with E-state index in [1.807, 2.05) is 32.9 Å². The Labute approximate surface area is 179 Å². The molecule has 0 bridgehead atoms. The molecule has 29 heavy (non-hydrogen) atoms. The van der Waals surface area contributed by atoms with Crippen molar-refractivity contribution in [2.45, 2.75) is 64.5 Å². The van der Waals surface area contributed by atoms with Gasteiger partial charge in [0.1, 0.15) is 11.4 Å². The lowest BCUT2D eigenvalue weighted by Gasteiger charge is -2.45. The summed E-state index contributed by atoms with van der Waals surface area (Å²) in [6.45, 7) is 12.7. The van der Waals surface area contributed by atoms with Gasteiger partial charge in [0.15, 0.2) is 0 Å². The summed E-state index contributed by atoms with van der Waals surface area (Å²) < 4.78 is 0. The Morgan fingerprint density at radius 2 is 1.93 bits per heavy atom. The van der Waals surface area contributed by atoms with Crippen LogP contribution in [0.5, 0.6) is 0 Å². The lowest BCUT2D eigenvalue weighted by molar-refractivity contribution is -0.137. The number of hydrogen-bond acceptors (Lipinski definition) is 4. The van der Waals surface area contributed by atoms with Gasteiger partial charge >= 0.3 is 0 Å². The zero-order valence-corrected chi connectivity index (χ0v) is 18.7. The molecule has 0 aromatic carbocycles. The fourth-order valence-corrected chi connectivity index (χ4v) is 4.09. The third-order valence-electron chi connectivity index (χ3n) is 5.26. The predicted octanol–water partition coefficient (Wildman–Crippen LogP) is 3.71. The van der Waals surface area contributed by atoms with E-state index in [1.165, 1.54) is 6.92 Å². The van der Waals surface area contributed by atoms with Crippen molar-refractivity contribution in [1.82, 2.24) is 15.6 Å². The van der Waals surface area contributed by atoms with E-state index in [1.54, 1.807) is 12.3 Å². The molecule has 0 aliphatic carbocycles. The number of carbonyl (C=O) groups is 2. The molecule has 7 heteroatoms. The summed E-state index contributed by atoms with van der Waals surface area (Å²) in [5.41, 5.74) is -1.34. The highest BCUT2D eigenvalue weighted by molar-refractivity contribution is 6.30. The average Bonchev–Trinajstić information content (AvgIpc) is 2.64. The van der Waals surface area contributed by atoms with Crippen LogP contribution in [0, 0.1) is 5.92 Å². The van der Waals surface area contributed by atoms with Crippen LogP contribution in [-0.4, -0.2) is 41.0 Å². The first-order chi connectivity index (χ1) is 13.6. The molecule has 2 amide bonds. The zero-order chi connectivity index (χ0) is 21.7. The van der Waals surface area contributed by atoms with E-state index < -0.39 is 5.54 Å². The summed E-state index contributed by atoms with van der Waals surface area (Å²) in [4.78, 5) is 32.1. The van der Waals surface area contributed by atoms with Crippen LogP contribution in [0.15, 0.2) is 31.0 Å². The smallest absolute Gasteiger partial charge is 0.246 e. The molecule has 1 fully saturated rings. The maximum Gasteiger partial charge on any atom is 0.246 e. The number of amides is 2. The van der Waals surface area contributed by atoms with Crippen molar-refractivity contribution in [3.8, 4) is 0 Å². The Kier molecular flexibility index (Phi) is 7.69. The number of hydrogen-bond donors (Lipinski definition) is 2. The van der Waals surface area contributed by atoms with E-state index >= 15 is 0 Å². The van der Waals surface area contributed by atoms with E-state index in [2.05, 4.69) is 27.1 Å². The number of allylic oxidation sites excluding steroid dienone is 1. The van der Waals surface area contributed by atoms with Crippen LogP contribution in [0.25, 0.3) is 0 Å². The van der Waals surface area contributed by atoms with Crippen LogP contribution in [-0.2, 0) is 9.59 Å². The van der Waals surface area contributed by atoms with Crippen LogP contribution >= 0.6 is 11.6 Å². The molecule has 1 saturated heterocycles. The highest BCUT2D eigenvalue weighted by atomic mass is 35.5. The topological polar surface area (TPSA) is 74.3 Å². The third kappa shape index (κ3) is 6.20. The van der Waals surface area contributed by atoms with Crippen LogP contribution in [0.4, 0.5) is 5.82 Å². The second-order valence-electron chi connectivity index (χ2n) is 8.78. The van der Waals surface area contributed by atoms with Crippen molar-refractivity contribution in [2.75, 3.05) is 18.0 Å². The molecule has 0 saturated carbocycles. The molecule has 6 nitrogen and oxygen atoms in total. The molecule has 1 aliphatic heterocycles. The van der Waals surface area contributed by atoms with E-state index in [4.69, 9.17) is 11.6 Å². The normalized spacial score (nSPS) is 17.3. The minimum absolute atomic E-state index is 0.0252. The molecule has 0 radical (unpaired) electrons. The summed E-state index contributed by atoms with van der Waals surface area (Å²) in [6, 6.07) is 3.74. The monoisotopic (exact) mass is 420 g/mol. The van der Waals surface area contributed by atoms with Crippen molar-refractivity contribution in [3.05, 3.63) is 36.0 Å². The number of nitrogens with one attached hydrogen (secondary N) is 2. The second-order valence-corrected chi connectivity index (χ2v) is 9.22. The Balaban J connectivity index is 2.25. The van der Waals surface area contributed by atoms with Gasteiger partial charge in [0.2, 0.25) is 11.8 Å². The van der Waals surface area contributed by atoms with E-state index in [0.717, 1.165) is 31.7 Å². The van der Waals surface area contributed by atoms with Gasteiger partial charge < -0.3 is 15.5 Å². The van der Waals surface area contributed by atoms with Gasteiger partial charge in [-0.3, -0.25) is 9.59 Å². The van der Waals surface area contributed by atoms with Crippen molar-refractivity contribution < 1.29 is 9.59 Å². The van der Waals surface area contributed by atoms with Gasteiger partial charge in [0.25, 0.3) is 0 Å². The molecule has 2 rings (SSSR count). The number of pyridine rings is 1. The first kappa shape index (κ1) is 23.2. The minimum Gasteiger partial charge on any atom is -0.357 e. The van der Waals surface area contributed by atoms with E-state index in [-0.39, 0.29) is 23.3 Å². The number of halogens is 1. The highest BCUT2D eigenvalue weighted by Gasteiger charge is 2.47.